The lowest BCUT2D eigenvalue weighted by atomic mass is 10.0. The average Bonchev–Trinajstić information content (AvgIpc) is 3.07. The molecule has 1 unspecified atom stereocenters. The van der Waals surface area contributed by atoms with Crippen LogP contribution in [0.5, 0.6) is 5.75 Å². The summed E-state index contributed by atoms with van der Waals surface area (Å²) < 4.78 is 12.8. The van der Waals surface area contributed by atoms with E-state index >= 15 is 0 Å². The number of benzene rings is 1. The van der Waals surface area contributed by atoms with Gasteiger partial charge in [-0.05, 0) is 36.6 Å². The SMILES string of the molecule is COc1ccc(Cn2nc3c4c(nccc42)N(C2CCOCC2)C(=O)C(C)C3)cc1. The lowest BCUT2D eigenvalue weighted by molar-refractivity contribution is -0.122. The van der Waals surface area contributed by atoms with Gasteiger partial charge in [0.05, 0.1) is 30.3 Å². The fourth-order valence-corrected chi connectivity index (χ4v) is 4.55. The summed E-state index contributed by atoms with van der Waals surface area (Å²) in [5.41, 5.74) is 3.12. The molecular weight excluding hydrogens is 380 g/mol. The van der Waals surface area contributed by atoms with E-state index in [1.807, 2.05) is 34.7 Å². The summed E-state index contributed by atoms with van der Waals surface area (Å²) in [6.45, 7) is 4.02. The first-order valence-electron chi connectivity index (χ1n) is 10.5. The number of methoxy groups -OCH3 is 1. The smallest absolute Gasteiger partial charge is 0.231 e. The van der Waals surface area contributed by atoms with Gasteiger partial charge in [0, 0.05) is 37.8 Å². The van der Waals surface area contributed by atoms with Crippen molar-refractivity contribution in [3.8, 4) is 5.75 Å². The fraction of sp³-hybridized carbons (Fsp3) is 0.435. The van der Waals surface area contributed by atoms with E-state index < -0.39 is 0 Å². The number of carbonyl (C=O) groups is 1. The molecule has 1 fully saturated rings. The summed E-state index contributed by atoms with van der Waals surface area (Å²) in [6.07, 6.45) is 4.10. The highest BCUT2D eigenvalue weighted by Gasteiger charge is 2.36. The summed E-state index contributed by atoms with van der Waals surface area (Å²) in [6, 6.07) is 10.2. The van der Waals surface area contributed by atoms with Crippen LogP contribution in [0.1, 0.15) is 31.0 Å². The molecule has 1 amide bonds. The molecule has 0 N–H and O–H groups in total. The van der Waals surface area contributed by atoms with Crippen LogP contribution >= 0.6 is 0 Å². The molecule has 0 bridgehead atoms. The van der Waals surface area contributed by atoms with Crippen LogP contribution in [0.25, 0.3) is 10.9 Å². The number of anilines is 1. The molecule has 0 spiro atoms. The maximum absolute atomic E-state index is 13.3. The largest absolute Gasteiger partial charge is 0.497 e. The molecule has 2 aromatic heterocycles. The number of hydrogen-bond donors (Lipinski definition) is 0. The molecule has 0 saturated carbocycles. The highest BCUT2D eigenvalue weighted by Crippen LogP contribution is 2.36. The van der Waals surface area contributed by atoms with Gasteiger partial charge >= 0.3 is 0 Å². The van der Waals surface area contributed by atoms with E-state index in [0.717, 1.165) is 46.6 Å². The second-order valence-electron chi connectivity index (χ2n) is 8.14. The molecule has 156 valence electrons. The normalized spacial score (nSPS) is 19.9. The van der Waals surface area contributed by atoms with Crippen molar-refractivity contribution in [3.63, 3.8) is 0 Å². The molecule has 0 radical (unpaired) electrons. The molecule has 2 aliphatic rings. The van der Waals surface area contributed by atoms with Gasteiger partial charge in [-0.15, -0.1) is 0 Å². The molecule has 1 aromatic carbocycles. The first-order valence-corrected chi connectivity index (χ1v) is 10.5. The van der Waals surface area contributed by atoms with Crippen LogP contribution in [-0.2, 0) is 22.5 Å². The number of ether oxygens (including phenoxy) is 2. The van der Waals surface area contributed by atoms with Crippen molar-refractivity contribution < 1.29 is 14.3 Å². The van der Waals surface area contributed by atoms with Crippen LogP contribution < -0.4 is 9.64 Å². The van der Waals surface area contributed by atoms with E-state index in [1.165, 1.54) is 0 Å². The minimum Gasteiger partial charge on any atom is -0.497 e. The Balaban J connectivity index is 1.59. The third kappa shape index (κ3) is 3.23. The zero-order chi connectivity index (χ0) is 20.7. The van der Waals surface area contributed by atoms with Gasteiger partial charge in [0.25, 0.3) is 0 Å². The molecule has 4 heterocycles. The van der Waals surface area contributed by atoms with E-state index in [2.05, 4.69) is 17.1 Å². The lowest BCUT2D eigenvalue weighted by Gasteiger charge is -2.34. The van der Waals surface area contributed by atoms with E-state index in [4.69, 9.17) is 14.6 Å². The predicted octanol–water partition coefficient (Wildman–Crippen LogP) is 3.19. The molecule has 3 aromatic rings. The Bertz CT molecular complexity index is 1070. The number of carbonyl (C=O) groups excluding carboxylic acids is 1. The molecule has 5 rings (SSSR count). The Morgan fingerprint density at radius 1 is 1.17 bits per heavy atom. The van der Waals surface area contributed by atoms with Gasteiger partial charge in [0.15, 0.2) is 0 Å². The predicted molar refractivity (Wildman–Crippen MR) is 114 cm³/mol. The second-order valence-corrected chi connectivity index (χ2v) is 8.14. The zero-order valence-corrected chi connectivity index (χ0v) is 17.4. The topological polar surface area (TPSA) is 69.5 Å². The number of rotatable bonds is 4. The minimum atomic E-state index is -0.130. The monoisotopic (exact) mass is 406 g/mol. The first-order chi connectivity index (χ1) is 14.7. The van der Waals surface area contributed by atoms with Gasteiger partial charge in [-0.2, -0.15) is 5.10 Å². The average molecular weight is 406 g/mol. The highest BCUT2D eigenvalue weighted by molar-refractivity contribution is 6.05. The van der Waals surface area contributed by atoms with Crippen molar-refractivity contribution in [2.24, 2.45) is 5.92 Å². The van der Waals surface area contributed by atoms with Crippen molar-refractivity contribution in [1.82, 2.24) is 14.8 Å². The van der Waals surface area contributed by atoms with Crippen LogP contribution in [0.15, 0.2) is 36.5 Å². The summed E-state index contributed by atoms with van der Waals surface area (Å²) in [5, 5.41) is 5.93. The molecule has 2 aliphatic heterocycles. The fourth-order valence-electron chi connectivity index (χ4n) is 4.55. The Morgan fingerprint density at radius 3 is 2.67 bits per heavy atom. The molecule has 1 saturated heterocycles. The van der Waals surface area contributed by atoms with E-state index in [-0.39, 0.29) is 17.9 Å². The van der Waals surface area contributed by atoms with Crippen LogP contribution in [-0.4, -0.2) is 47.0 Å². The Hall–Kier alpha value is -2.93. The van der Waals surface area contributed by atoms with Crippen LogP contribution in [0.4, 0.5) is 5.82 Å². The number of nitrogens with zero attached hydrogens (tertiary/aromatic N) is 4. The molecule has 0 aliphatic carbocycles. The van der Waals surface area contributed by atoms with Crippen molar-refractivity contribution >= 4 is 22.6 Å². The lowest BCUT2D eigenvalue weighted by Crippen LogP contribution is -2.46. The van der Waals surface area contributed by atoms with Gasteiger partial charge in [-0.25, -0.2) is 4.98 Å². The molecule has 7 nitrogen and oxygen atoms in total. The Labute approximate surface area is 175 Å². The first kappa shape index (κ1) is 19.1. The van der Waals surface area contributed by atoms with E-state index in [1.54, 1.807) is 13.3 Å². The maximum atomic E-state index is 13.3. The van der Waals surface area contributed by atoms with Crippen molar-refractivity contribution in [1.29, 1.82) is 0 Å². The van der Waals surface area contributed by atoms with Gasteiger partial charge < -0.3 is 9.47 Å². The zero-order valence-electron chi connectivity index (χ0n) is 17.4. The van der Waals surface area contributed by atoms with Crippen LogP contribution in [0, 0.1) is 5.92 Å². The number of aromatic nitrogens is 3. The number of hydrogen-bond acceptors (Lipinski definition) is 5. The van der Waals surface area contributed by atoms with Gasteiger partial charge in [0.2, 0.25) is 5.91 Å². The van der Waals surface area contributed by atoms with E-state index in [0.29, 0.717) is 26.2 Å². The quantitative estimate of drug-likeness (QED) is 0.666. The number of pyridine rings is 1. The summed E-state index contributed by atoms with van der Waals surface area (Å²) in [5.74, 6) is 1.60. The van der Waals surface area contributed by atoms with Crippen LogP contribution in [0.3, 0.4) is 0 Å². The third-order valence-corrected chi connectivity index (χ3v) is 6.15. The minimum absolute atomic E-state index is 0.127. The van der Waals surface area contributed by atoms with E-state index in [9.17, 15) is 4.79 Å². The summed E-state index contributed by atoms with van der Waals surface area (Å²) >= 11 is 0. The standard InChI is InChI=1S/C23H26N4O3/c1-15-13-19-21-20(26(25-19)14-16-3-5-18(29-2)6-4-16)7-10-24-22(21)27(23(15)28)17-8-11-30-12-9-17/h3-7,10,15,17H,8-9,11-14H2,1-2H3. The van der Waals surface area contributed by atoms with Crippen molar-refractivity contribution in [3.05, 3.63) is 47.8 Å². The van der Waals surface area contributed by atoms with Crippen molar-refractivity contribution in [2.45, 2.75) is 38.8 Å². The highest BCUT2D eigenvalue weighted by atomic mass is 16.5. The number of amides is 1. The van der Waals surface area contributed by atoms with Crippen LogP contribution in [0.2, 0.25) is 0 Å². The molecule has 1 atom stereocenters. The van der Waals surface area contributed by atoms with Crippen molar-refractivity contribution in [2.75, 3.05) is 25.2 Å². The second kappa shape index (κ2) is 7.72. The molecular formula is C23H26N4O3. The summed E-state index contributed by atoms with van der Waals surface area (Å²) in [4.78, 5) is 19.9. The Kier molecular flexibility index (Phi) is 4.90. The molecule has 7 heteroatoms. The summed E-state index contributed by atoms with van der Waals surface area (Å²) in [7, 11) is 1.67. The van der Waals surface area contributed by atoms with Gasteiger partial charge in [0.1, 0.15) is 11.6 Å². The third-order valence-electron chi connectivity index (χ3n) is 6.15. The Morgan fingerprint density at radius 2 is 1.93 bits per heavy atom. The molecule has 30 heavy (non-hydrogen) atoms. The maximum Gasteiger partial charge on any atom is 0.231 e. The van der Waals surface area contributed by atoms with Gasteiger partial charge in [-0.1, -0.05) is 19.1 Å². The van der Waals surface area contributed by atoms with Gasteiger partial charge in [-0.3, -0.25) is 14.4 Å².